The number of rotatable bonds is 3. The first kappa shape index (κ1) is 11.6. The average Bonchev–Trinajstić information content (AvgIpc) is 2.14. The fourth-order valence-electron chi connectivity index (χ4n) is 1.71. The molecule has 1 heterocycles. The minimum absolute atomic E-state index is 0.353. The van der Waals surface area contributed by atoms with Gasteiger partial charge in [0.25, 0.3) is 0 Å². The topological polar surface area (TPSA) is 37.4 Å². The van der Waals surface area contributed by atoms with Gasteiger partial charge < -0.3 is 0 Å². The summed E-state index contributed by atoms with van der Waals surface area (Å²) in [5.41, 5.74) is 1.07. The van der Waals surface area contributed by atoms with Crippen LogP contribution in [0.15, 0.2) is 29.2 Å². The monoisotopic (exact) mass is 239 g/mol. The van der Waals surface area contributed by atoms with Crippen LogP contribution in [0.25, 0.3) is 0 Å². The van der Waals surface area contributed by atoms with E-state index in [1.54, 1.807) is 12.1 Å². The first-order valence-corrected chi connectivity index (χ1v) is 7.06. The second kappa shape index (κ2) is 4.18. The third-order valence-electron chi connectivity index (χ3n) is 2.98. The lowest BCUT2D eigenvalue weighted by molar-refractivity contribution is 0.309. The van der Waals surface area contributed by atoms with Gasteiger partial charge in [-0.2, -0.15) is 4.31 Å². The third-order valence-corrected chi connectivity index (χ3v) is 4.87. The van der Waals surface area contributed by atoms with Crippen LogP contribution >= 0.6 is 0 Å². The molecule has 0 aliphatic carbocycles. The normalized spacial score (nSPS) is 17.4. The SMILES string of the molecule is CC(C)c1cccc(S(=O)(=O)N2CCC2)c1. The smallest absolute Gasteiger partial charge is 0.207 e. The molecule has 0 unspecified atom stereocenters. The van der Waals surface area contributed by atoms with E-state index < -0.39 is 10.0 Å². The third kappa shape index (κ3) is 1.99. The molecule has 0 bridgehead atoms. The zero-order chi connectivity index (χ0) is 11.8. The van der Waals surface area contributed by atoms with Crippen molar-refractivity contribution in [3.8, 4) is 0 Å². The van der Waals surface area contributed by atoms with Crippen molar-refractivity contribution in [1.82, 2.24) is 4.31 Å². The quantitative estimate of drug-likeness (QED) is 0.811. The molecule has 88 valence electrons. The Balaban J connectivity index is 2.36. The van der Waals surface area contributed by atoms with Gasteiger partial charge in [-0.15, -0.1) is 0 Å². The summed E-state index contributed by atoms with van der Waals surface area (Å²) in [5.74, 6) is 0.353. The van der Waals surface area contributed by atoms with Gasteiger partial charge in [-0.05, 0) is 30.0 Å². The van der Waals surface area contributed by atoms with E-state index in [0.717, 1.165) is 12.0 Å². The summed E-state index contributed by atoms with van der Waals surface area (Å²) < 4.78 is 25.8. The summed E-state index contributed by atoms with van der Waals surface area (Å²) in [7, 11) is -3.22. The Kier molecular flexibility index (Phi) is 3.04. The van der Waals surface area contributed by atoms with E-state index in [2.05, 4.69) is 13.8 Å². The maximum Gasteiger partial charge on any atom is 0.243 e. The molecule has 0 spiro atoms. The zero-order valence-electron chi connectivity index (χ0n) is 9.68. The second-order valence-electron chi connectivity index (χ2n) is 4.48. The maximum atomic E-state index is 12.1. The van der Waals surface area contributed by atoms with E-state index in [1.165, 1.54) is 4.31 Å². The summed E-state index contributed by atoms with van der Waals surface area (Å²) >= 11 is 0. The Labute approximate surface area is 97.1 Å². The van der Waals surface area contributed by atoms with Crippen molar-refractivity contribution in [3.05, 3.63) is 29.8 Å². The van der Waals surface area contributed by atoms with Crippen LogP contribution in [-0.2, 0) is 10.0 Å². The van der Waals surface area contributed by atoms with Crippen molar-refractivity contribution in [2.24, 2.45) is 0 Å². The predicted octanol–water partition coefficient (Wildman–Crippen LogP) is 2.20. The molecular weight excluding hydrogens is 222 g/mol. The number of sulfonamides is 1. The van der Waals surface area contributed by atoms with Crippen molar-refractivity contribution >= 4 is 10.0 Å². The van der Waals surface area contributed by atoms with Gasteiger partial charge in [0.1, 0.15) is 0 Å². The Morgan fingerprint density at radius 1 is 1.25 bits per heavy atom. The van der Waals surface area contributed by atoms with Gasteiger partial charge in [0.15, 0.2) is 0 Å². The molecule has 1 saturated heterocycles. The molecule has 0 radical (unpaired) electrons. The highest BCUT2D eigenvalue weighted by Crippen LogP contribution is 2.24. The minimum Gasteiger partial charge on any atom is -0.207 e. The van der Waals surface area contributed by atoms with Crippen LogP contribution in [0, 0.1) is 0 Å². The highest BCUT2D eigenvalue weighted by Gasteiger charge is 2.29. The lowest BCUT2D eigenvalue weighted by atomic mass is 10.0. The fraction of sp³-hybridized carbons (Fsp3) is 0.500. The first-order valence-electron chi connectivity index (χ1n) is 5.62. The van der Waals surface area contributed by atoms with Crippen LogP contribution in [0.5, 0.6) is 0 Å². The van der Waals surface area contributed by atoms with Gasteiger partial charge in [-0.3, -0.25) is 0 Å². The molecule has 0 N–H and O–H groups in total. The summed E-state index contributed by atoms with van der Waals surface area (Å²) in [5, 5.41) is 0. The molecule has 1 aromatic carbocycles. The van der Waals surface area contributed by atoms with E-state index in [-0.39, 0.29) is 0 Å². The van der Waals surface area contributed by atoms with Gasteiger partial charge >= 0.3 is 0 Å². The Bertz CT molecular complexity index is 476. The predicted molar refractivity (Wildman–Crippen MR) is 63.9 cm³/mol. The highest BCUT2D eigenvalue weighted by atomic mass is 32.2. The molecule has 1 aliphatic rings. The summed E-state index contributed by atoms with van der Waals surface area (Å²) in [6, 6.07) is 7.26. The van der Waals surface area contributed by atoms with Gasteiger partial charge in [0.05, 0.1) is 4.90 Å². The second-order valence-corrected chi connectivity index (χ2v) is 6.42. The van der Waals surface area contributed by atoms with Crippen molar-refractivity contribution in [2.45, 2.75) is 31.1 Å². The lowest BCUT2D eigenvalue weighted by Gasteiger charge is -2.29. The highest BCUT2D eigenvalue weighted by molar-refractivity contribution is 7.89. The maximum absolute atomic E-state index is 12.1. The Morgan fingerprint density at radius 3 is 2.44 bits per heavy atom. The van der Waals surface area contributed by atoms with E-state index in [9.17, 15) is 8.42 Å². The molecule has 0 amide bonds. The molecule has 2 rings (SSSR count). The van der Waals surface area contributed by atoms with Gasteiger partial charge in [-0.1, -0.05) is 26.0 Å². The lowest BCUT2D eigenvalue weighted by Crippen LogP contribution is -2.41. The Hall–Kier alpha value is -0.870. The van der Waals surface area contributed by atoms with Crippen LogP contribution in [0.2, 0.25) is 0 Å². The average molecular weight is 239 g/mol. The summed E-state index contributed by atoms with van der Waals surface area (Å²) in [6.45, 7) is 5.45. The summed E-state index contributed by atoms with van der Waals surface area (Å²) in [6.07, 6.45) is 0.975. The van der Waals surface area contributed by atoms with Gasteiger partial charge in [0.2, 0.25) is 10.0 Å². The number of hydrogen-bond donors (Lipinski definition) is 0. The molecule has 4 heteroatoms. The van der Waals surface area contributed by atoms with Crippen LogP contribution in [-0.4, -0.2) is 25.8 Å². The van der Waals surface area contributed by atoms with Crippen molar-refractivity contribution in [2.75, 3.05) is 13.1 Å². The van der Waals surface area contributed by atoms with Crippen LogP contribution in [0.1, 0.15) is 31.7 Å². The summed E-state index contributed by atoms with van der Waals surface area (Å²) in [4.78, 5) is 0.429. The standard InChI is InChI=1S/C12H17NO2S/c1-10(2)11-5-3-6-12(9-11)16(14,15)13-7-4-8-13/h3,5-6,9-10H,4,7-8H2,1-2H3. The largest absolute Gasteiger partial charge is 0.243 e. The van der Waals surface area contributed by atoms with Crippen LogP contribution < -0.4 is 0 Å². The van der Waals surface area contributed by atoms with E-state index in [1.807, 2.05) is 12.1 Å². The molecule has 3 nitrogen and oxygen atoms in total. The number of nitrogens with zero attached hydrogens (tertiary/aromatic N) is 1. The molecule has 16 heavy (non-hydrogen) atoms. The Morgan fingerprint density at radius 2 is 1.94 bits per heavy atom. The number of benzene rings is 1. The molecule has 0 atom stereocenters. The molecule has 1 aliphatic heterocycles. The minimum atomic E-state index is -3.22. The molecule has 1 aromatic rings. The molecule has 0 aromatic heterocycles. The van der Waals surface area contributed by atoms with E-state index in [4.69, 9.17) is 0 Å². The molecule has 0 saturated carbocycles. The van der Waals surface area contributed by atoms with Gasteiger partial charge in [0, 0.05) is 13.1 Å². The molecule has 1 fully saturated rings. The molecular formula is C12H17NO2S. The van der Waals surface area contributed by atoms with E-state index in [0.29, 0.717) is 23.9 Å². The van der Waals surface area contributed by atoms with Gasteiger partial charge in [-0.25, -0.2) is 8.42 Å². The zero-order valence-corrected chi connectivity index (χ0v) is 10.5. The fourth-order valence-corrected chi connectivity index (χ4v) is 3.28. The number of hydrogen-bond acceptors (Lipinski definition) is 2. The van der Waals surface area contributed by atoms with Crippen molar-refractivity contribution < 1.29 is 8.42 Å². The van der Waals surface area contributed by atoms with E-state index >= 15 is 0 Å². The first-order chi connectivity index (χ1) is 7.51. The van der Waals surface area contributed by atoms with Crippen molar-refractivity contribution in [3.63, 3.8) is 0 Å². The van der Waals surface area contributed by atoms with Crippen molar-refractivity contribution in [1.29, 1.82) is 0 Å². The van der Waals surface area contributed by atoms with Crippen LogP contribution in [0.4, 0.5) is 0 Å². The van der Waals surface area contributed by atoms with Crippen LogP contribution in [0.3, 0.4) is 0 Å².